The summed E-state index contributed by atoms with van der Waals surface area (Å²) in [6.07, 6.45) is 7.20. The third kappa shape index (κ3) is 1.35. The molecule has 0 aliphatic carbocycles. The molecule has 0 atom stereocenters. The van der Waals surface area contributed by atoms with Gasteiger partial charge in [-0.1, -0.05) is 12.7 Å². The minimum atomic E-state index is 1.12. The Morgan fingerprint density at radius 2 is 2.50 bits per heavy atom. The summed E-state index contributed by atoms with van der Waals surface area (Å²) >= 11 is 0. The number of aromatic nitrogens is 2. The van der Waals surface area contributed by atoms with Crippen LogP contribution in [0.5, 0.6) is 0 Å². The van der Waals surface area contributed by atoms with E-state index in [1.807, 2.05) is 25.3 Å². The highest BCUT2D eigenvalue weighted by atomic mass is 15.3. The zero-order valence-electron chi connectivity index (χ0n) is 5.99. The standard InChI is InChI=1S/C8H10N2/c1-3-4-7-10-8(2)5-6-9-10/h3-7H,1H2,2H3/b7-4-. The quantitative estimate of drug-likeness (QED) is 0.564. The second kappa shape index (κ2) is 3.01. The second-order valence-corrected chi connectivity index (χ2v) is 1.99. The number of rotatable bonds is 2. The molecule has 0 unspecified atom stereocenters. The van der Waals surface area contributed by atoms with Crippen LogP contribution in [0.4, 0.5) is 0 Å². The zero-order valence-corrected chi connectivity index (χ0v) is 5.99. The highest BCUT2D eigenvalue weighted by Gasteiger charge is 1.87. The summed E-state index contributed by atoms with van der Waals surface area (Å²) in [6.45, 7) is 5.56. The normalized spacial score (nSPS) is 10.5. The maximum atomic E-state index is 4.04. The summed E-state index contributed by atoms with van der Waals surface area (Å²) in [6, 6.07) is 1.95. The van der Waals surface area contributed by atoms with Gasteiger partial charge in [0.25, 0.3) is 0 Å². The Morgan fingerprint density at radius 1 is 1.70 bits per heavy atom. The van der Waals surface area contributed by atoms with Crippen molar-refractivity contribution in [2.24, 2.45) is 0 Å². The lowest BCUT2D eigenvalue weighted by Gasteiger charge is -1.91. The summed E-state index contributed by atoms with van der Waals surface area (Å²) in [7, 11) is 0. The Morgan fingerprint density at radius 3 is 3.00 bits per heavy atom. The highest BCUT2D eigenvalue weighted by molar-refractivity contribution is 5.27. The molecule has 0 spiro atoms. The number of nitrogens with zero attached hydrogens (tertiary/aromatic N) is 2. The van der Waals surface area contributed by atoms with Crippen LogP contribution < -0.4 is 0 Å². The van der Waals surface area contributed by atoms with E-state index >= 15 is 0 Å². The Balaban J connectivity index is 2.83. The van der Waals surface area contributed by atoms with Gasteiger partial charge in [0.05, 0.1) is 0 Å². The van der Waals surface area contributed by atoms with Crippen molar-refractivity contribution in [1.82, 2.24) is 9.78 Å². The third-order valence-corrected chi connectivity index (χ3v) is 1.23. The monoisotopic (exact) mass is 134 g/mol. The molecule has 1 aromatic heterocycles. The van der Waals surface area contributed by atoms with Crippen molar-refractivity contribution >= 4 is 6.20 Å². The van der Waals surface area contributed by atoms with E-state index in [2.05, 4.69) is 11.7 Å². The maximum absolute atomic E-state index is 4.04. The van der Waals surface area contributed by atoms with Crippen LogP contribution in [-0.2, 0) is 0 Å². The average molecular weight is 134 g/mol. The van der Waals surface area contributed by atoms with Crippen LogP contribution >= 0.6 is 0 Å². The van der Waals surface area contributed by atoms with Crippen molar-refractivity contribution in [1.29, 1.82) is 0 Å². The van der Waals surface area contributed by atoms with Crippen LogP contribution in [-0.4, -0.2) is 9.78 Å². The summed E-state index contributed by atoms with van der Waals surface area (Å²) in [5.74, 6) is 0. The molecule has 0 radical (unpaired) electrons. The lowest BCUT2D eigenvalue weighted by Crippen LogP contribution is -1.89. The number of hydrogen-bond acceptors (Lipinski definition) is 1. The predicted octanol–water partition coefficient (Wildman–Crippen LogP) is 1.85. The minimum absolute atomic E-state index is 1.12. The van der Waals surface area contributed by atoms with Gasteiger partial charge in [-0.25, -0.2) is 4.68 Å². The summed E-state index contributed by atoms with van der Waals surface area (Å²) in [4.78, 5) is 0. The average Bonchev–Trinajstić information content (AvgIpc) is 2.31. The van der Waals surface area contributed by atoms with Crippen LogP contribution in [0.1, 0.15) is 5.69 Å². The van der Waals surface area contributed by atoms with Gasteiger partial charge in [-0.2, -0.15) is 5.10 Å². The molecule has 2 heteroatoms. The van der Waals surface area contributed by atoms with Crippen molar-refractivity contribution in [3.63, 3.8) is 0 Å². The SMILES string of the molecule is C=C/C=C\n1nccc1C. The molecule has 0 N–H and O–H groups in total. The molecule has 0 saturated carbocycles. The van der Waals surface area contributed by atoms with Crippen molar-refractivity contribution in [3.05, 3.63) is 36.7 Å². The molecule has 0 saturated heterocycles. The molecular formula is C8H10N2. The van der Waals surface area contributed by atoms with Gasteiger partial charge in [0.2, 0.25) is 0 Å². The van der Waals surface area contributed by atoms with Crippen LogP contribution in [0.25, 0.3) is 6.20 Å². The molecular weight excluding hydrogens is 124 g/mol. The molecule has 0 bridgehead atoms. The molecule has 0 amide bonds. The van der Waals surface area contributed by atoms with E-state index in [-0.39, 0.29) is 0 Å². The van der Waals surface area contributed by atoms with Gasteiger partial charge in [-0.15, -0.1) is 0 Å². The molecule has 1 rings (SSSR count). The molecule has 0 aromatic carbocycles. The first-order chi connectivity index (χ1) is 4.84. The molecule has 10 heavy (non-hydrogen) atoms. The van der Waals surface area contributed by atoms with Crippen molar-refractivity contribution in [2.75, 3.05) is 0 Å². The molecule has 52 valence electrons. The summed E-state index contributed by atoms with van der Waals surface area (Å²) in [5, 5.41) is 4.04. The lowest BCUT2D eigenvalue weighted by atomic mass is 10.5. The second-order valence-electron chi connectivity index (χ2n) is 1.99. The topological polar surface area (TPSA) is 17.8 Å². The Kier molecular flexibility index (Phi) is 2.05. The Bertz CT molecular complexity index is 246. The highest BCUT2D eigenvalue weighted by Crippen LogP contribution is 1.95. The van der Waals surface area contributed by atoms with Crippen molar-refractivity contribution in [2.45, 2.75) is 6.92 Å². The van der Waals surface area contributed by atoms with Gasteiger partial charge < -0.3 is 0 Å². The minimum Gasteiger partial charge on any atom is -0.245 e. The molecule has 0 fully saturated rings. The van der Waals surface area contributed by atoms with Gasteiger partial charge in [0.1, 0.15) is 0 Å². The first-order valence-electron chi connectivity index (χ1n) is 3.14. The van der Waals surface area contributed by atoms with Gasteiger partial charge in [0.15, 0.2) is 0 Å². The molecule has 0 aliphatic rings. The predicted molar refractivity (Wildman–Crippen MR) is 42.5 cm³/mol. The fourth-order valence-corrected chi connectivity index (χ4v) is 0.679. The number of allylic oxidation sites excluding steroid dienone is 2. The van der Waals surface area contributed by atoms with Crippen molar-refractivity contribution in [3.8, 4) is 0 Å². The van der Waals surface area contributed by atoms with Gasteiger partial charge >= 0.3 is 0 Å². The van der Waals surface area contributed by atoms with E-state index < -0.39 is 0 Å². The van der Waals surface area contributed by atoms with E-state index in [1.54, 1.807) is 17.0 Å². The third-order valence-electron chi connectivity index (χ3n) is 1.23. The summed E-state index contributed by atoms with van der Waals surface area (Å²) in [5.41, 5.74) is 1.12. The smallest absolute Gasteiger partial charge is 0.0496 e. The van der Waals surface area contributed by atoms with Crippen LogP contribution in [0, 0.1) is 6.92 Å². The van der Waals surface area contributed by atoms with Crippen molar-refractivity contribution < 1.29 is 0 Å². The van der Waals surface area contributed by atoms with E-state index in [9.17, 15) is 0 Å². The van der Waals surface area contributed by atoms with Gasteiger partial charge in [-0.05, 0) is 19.1 Å². The maximum Gasteiger partial charge on any atom is 0.0496 e. The first-order valence-corrected chi connectivity index (χ1v) is 3.14. The Labute approximate surface area is 60.5 Å². The Hall–Kier alpha value is -1.31. The molecule has 0 aliphatic heterocycles. The van der Waals surface area contributed by atoms with Gasteiger partial charge in [-0.3, -0.25) is 0 Å². The van der Waals surface area contributed by atoms with Gasteiger partial charge in [0, 0.05) is 18.1 Å². The fourth-order valence-electron chi connectivity index (χ4n) is 0.679. The first kappa shape index (κ1) is 6.81. The molecule has 2 nitrogen and oxygen atoms in total. The van der Waals surface area contributed by atoms with E-state index in [0.717, 1.165) is 5.69 Å². The van der Waals surface area contributed by atoms with E-state index in [4.69, 9.17) is 0 Å². The van der Waals surface area contributed by atoms with Crippen LogP contribution in [0.2, 0.25) is 0 Å². The molecule has 1 heterocycles. The summed E-state index contributed by atoms with van der Waals surface area (Å²) < 4.78 is 1.79. The van der Waals surface area contributed by atoms with Crippen LogP contribution in [0.3, 0.4) is 0 Å². The fraction of sp³-hybridized carbons (Fsp3) is 0.125. The number of hydrogen-bond donors (Lipinski definition) is 0. The largest absolute Gasteiger partial charge is 0.245 e. The molecule has 1 aromatic rings. The van der Waals surface area contributed by atoms with E-state index in [0.29, 0.717) is 0 Å². The number of aryl methyl sites for hydroxylation is 1. The van der Waals surface area contributed by atoms with E-state index in [1.165, 1.54) is 0 Å². The lowest BCUT2D eigenvalue weighted by molar-refractivity contribution is 0.897. The zero-order chi connectivity index (χ0) is 7.40. The van der Waals surface area contributed by atoms with Crippen LogP contribution in [0.15, 0.2) is 31.0 Å².